The topological polar surface area (TPSA) is 77.5 Å². The standard InChI is InChI=1S/C28H31NO6/c1-19(30)28(2)18-29(27(31)33-4)17-24(28)20-10-15-25(32-3)26(16-20)35-23-13-11-22(12-14-23)34-21-8-6-5-7-9-21/h5-16,19,24,30H,17-18H2,1-4H3/t19-,24-,28-/m0/s1. The van der Waals surface area contributed by atoms with Crippen molar-refractivity contribution in [1.82, 2.24) is 4.90 Å². The molecule has 7 nitrogen and oxygen atoms in total. The van der Waals surface area contributed by atoms with Crippen LogP contribution in [0.2, 0.25) is 0 Å². The molecule has 3 aromatic carbocycles. The minimum Gasteiger partial charge on any atom is -0.493 e. The van der Waals surface area contributed by atoms with Crippen LogP contribution in [0.25, 0.3) is 0 Å². The molecule has 0 saturated carbocycles. The largest absolute Gasteiger partial charge is 0.493 e. The molecular weight excluding hydrogens is 446 g/mol. The highest BCUT2D eigenvalue weighted by atomic mass is 16.5. The number of aliphatic hydroxyl groups excluding tert-OH is 1. The fourth-order valence-electron chi connectivity index (χ4n) is 4.51. The summed E-state index contributed by atoms with van der Waals surface area (Å²) in [6, 6.07) is 22.6. The zero-order chi connectivity index (χ0) is 25.0. The van der Waals surface area contributed by atoms with Crippen LogP contribution < -0.4 is 14.2 Å². The van der Waals surface area contributed by atoms with Gasteiger partial charge in [0.25, 0.3) is 0 Å². The van der Waals surface area contributed by atoms with Gasteiger partial charge in [0.15, 0.2) is 11.5 Å². The van der Waals surface area contributed by atoms with Gasteiger partial charge in [-0.25, -0.2) is 4.79 Å². The van der Waals surface area contributed by atoms with Crippen molar-refractivity contribution in [2.24, 2.45) is 5.41 Å². The smallest absolute Gasteiger partial charge is 0.409 e. The third kappa shape index (κ3) is 5.20. The maximum absolute atomic E-state index is 12.2. The number of amides is 1. The Morgan fingerprint density at radius 3 is 2.17 bits per heavy atom. The molecule has 1 amide bonds. The van der Waals surface area contributed by atoms with E-state index in [0.29, 0.717) is 36.1 Å². The first-order valence-electron chi connectivity index (χ1n) is 11.5. The molecule has 7 heteroatoms. The van der Waals surface area contributed by atoms with Crippen LogP contribution in [-0.4, -0.2) is 49.5 Å². The summed E-state index contributed by atoms with van der Waals surface area (Å²) in [4.78, 5) is 13.9. The molecule has 0 radical (unpaired) electrons. The normalized spacial score (nSPS) is 20.3. The van der Waals surface area contributed by atoms with E-state index in [1.165, 1.54) is 7.11 Å². The Bertz CT molecular complexity index is 1150. The van der Waals surface area contributed by atoms with Crippen molar-refractivity contribution in [3.8, 4) is 28.7 Å². The average molecular weight is 478 g/mol. The maximum atomic E-state index is 12.2. The highest BCUT2D eigenvalue weighted by Gasteiger charge is 2.48. The van der Waals surface area contributed by atoms with E-state index in [-0.39, 0.29) is 5.92 Å². The molecule has 0 aromatic heterocycles. The van der Waals surface area contributed by atoms with Crippen molar-refractivity contribution < 1.29 is 28.8 Å². The number of ether oxygens (including phenoxy) is 4. The van der Waals surface area contributed by atoms with Gasteiger partial charge in [-0.1, -0.05) is 31.2 Å². The predicted octanol–water partition coefficient (Wildman–Crippen LogP) is 5.83. The fourth-order valence-corrected chi connectivity index (χ4v) is 4.51. The third-order valence-electron chi connectivity index (χ3n) is 6.74. The number of aliphatic hydroxyl groups is 1. The summed E-state index contributed by atoms with van der Waals surface area (Å²) >= 11 is 0. The summed E-state index contributed by atoms with van der Waals surface area (Å²) < 4.78 is 22.5. The molecule has 35 heavy (non-hydrogen) atoms. The van der Waals surface area contributed by atoms with E-state index in [9.17, 15) is 9.90 Å². The molecule has 3 atom stereocenters. The van der Waals surface area contributed by atoms with Crippen LogP contribution in [0.4, 0.5) is 4.79 Å². The lowest BCUT2D eigenvalue weighted by Gasteiger charge is -2.33. The minimum atomic E-state index is -0.634. The van der Waals surface area contributed by atoms with Gasteiger partial charge in [0, 0.05) is 24.4 Å². The number of hydrogen-bond acceptors (Lipinski definition) is 6. The van der Waals surface area contributed by atoms with E-state index in [0.717, 1.165) is 11.3 Å². The molecule has 0 spiro atoms. The Labute approximate surface area is 205 Å². The van der Waals surface area contributed by atoms with Crippen molar-refractivity contribution in [2.75, 3.05) is 27.3 Å². The number of rotatable bonds is 7. The summed E-state index contributed by atoms with van der Waals surface area (Å²) in [5, 5.41) is 10.6. The van der Waals surface area contributed by atoms with Crippen molar-refractivity contribution >= 4 is 6.09 Å². The second-order valence-electron chi connectivity index (χ2n) is 8.98. The Balaban J connectivity index is 1.57. The van der Waals surface area contributed by atoms with Crippen LogP contribution in [0.15, 0.2) is 72.8 Å². The second-order valence-corrected chi connectivity index (χ2v) is 8.98. The molecule has 1 heterocycles. The lowest BCUT2D eigenvalue weighted by molar-refractivity contribution is 0.0470. The van der Waals surface area contributed by atoms with E-state index in [2.05, 4.69) is 0 Å². The zero-order valence-electron chi connectivity index (χ0n) is 20.4. The molecule has 3 aromatic rings. The molecule has 0 bridgehead atoms. The van der Waals surface area contributed by atoms with Crippen LogP contribution in [0, 0.1) is 5.41 Å². The Morgan fingerprint density at radius 2 is 1.57 bits per heavy atom. The monoisotopic (exact) mass is 477 g/mol. The molecule has 0 aliphatic carbocycles. The first kappa shape index (κ1) is 24.4. The number of methoxy groups -OCH3 is 2. The number of likely N-dealkylation sites (tertiary alicyclic amines) is 1. The Kier molecular flexibility index (Phi) is 7.17. The molecule has 184 valence electrons. The van der Waals surface area contributed by atoms with Crippen LogP contribution in [0.1, 0.15) is 25.3 Å². The zero-order valence-corrected chi connectivity index (χ0v) is 20.4. The number of benzene rings is 3. The molecule has 4 rings (SSSR count). The van der Waals surface area contributed by atoms with Gasteiger partial charge < -0.3 is 29.0 Å². The van der Waals surface area contributed by atoms with Crippen molar-refractivity contribution in [1.29, 1.82) is 0 Å². The lowest BCUT2D eigenvalue weighted by Crippen LogP contribution is -2.38. The molecule has 1 N–H and O–H groups in total. The summed E-state index contributed by atoms with van der Waals surface area (Å²) in [7, 11) is 2.96. The maximum Gasteiger partial charge on any atom is 0.409 e. The highest BCUT2D eigenvalue weighted by Crippen LogP contribution is 2.47. The van der Waals surface area contributed by atoms with Crippen LogP contribution in [0.3, 0.4) is 0 Å². The lowest BCUT2D eigenvalue weighted by atomic mass is 9.72. The van der Waals surface area contributed by atoms with E-state index in [1.807, 2.05) is 79.7 Å². The van der Waals surface area contributed by atoms with Crippen LogP contribution >= 0.6 is 0 Å². The first-order valence-corrected chi connectivity index (χ1v) is 11.5. The average Bonchev–Trinajstić information content (AvgIpc) is 3.24. The molecule has 0 unspecified atom stereocenters. The Hall–Kier alpha value is -3.71. The summed E-state index contributed by atoms with van der Waals surface area (Å²) in [6.45, 7) is 4.58. The van der Waals surface area contributed by atoms with Crippen LogP contribution in [0.5, 0.6) is 28.7 Å². The number of nitrogens with zero attached hydrogens (tertiary/aromatic N) is 1. The third-order valence-corrected chi connectivity index (χ3v) is 6.74. The van der Waals surface area contributed by atoms with Gasteiger partial charge in [0.05, 0.1) is 20.3 Å². The summed E-state index contributed by atoms with van der Waals surface area (Å²) in [5.74, 6) is 3.10. The second kappa shape index (κ2) is 10.3. The van der Waals surface area contributed by atoms with Gasteiger partial charge in [-0.15, -0.1) is 0 Å². The number of para-hydroxylation sites is 1. The molecule has 1 aliphatic rings. The van der Waals surface area contributed by atoms with Gasteiger partial charge in [0.2, 0.25) is 0 Å². The number of hydrogen-bond donors (Lipinski definition) is 1. The summed E-state index contributed by atoms with van der Waals surface area (Å²) in [5.41, 5.74) is 0.399. The molecule has 1 fully saturated rings. The van der Waals surface area contributed by atoms with Gasteiger partial charge in [0.1, 0.15) is 17.2 Å². The molecule has 1 aliphatic heterocycles. The van der Waals surface area contributed by atoms with Crippen molar-refractivity contribution in [3.63, 3.8) is 0 Å². The first-order chi connectivity index (χ1) is 16.8. The van der Waals surface area contributed by atoms with Gasteiger partial charge in [-0.3, -0.25) is 0 Å². The highest BCUT2D eigenvalue weighted by molar-refractivity contribution is 5.68. The Morgan fingerprint density at radius 1 is 0.943 bits per heavy atom. The van der Waals surface area contributed by atoms with Gasteiger partial charge >= 0.3 is 6.09 Å². The van der Waals surface area contributed by atoms with Crippen molar-refractivity contribution in [3.05, 3.63) is 78.4 Å². The van der Waals surface area contributed by atoms with Gasteiger partial charge in [-0.05, 0) is 61.0 Å². The SMILES string of the molecule is COC(=O)N1C[C@@H](c2ccc(OC)c(Oc3ccc(Oc4ccccc4)cc3)c2)[C@](C)([C@H](C)O)C1. The van der Waals surface area contributed by atoms with E-state index in [1.54, 1.807) is 18.9 Å². The predicted molar refractivity (Wildman–Crippen MR) is 133 cm³/mol. The van der Waals surface area contributed by atoms with Crippen molar-refractivity contribution in [2.45, 2.75) is 25.9 Å². The molecular formula is C28H31NO6. The summed E-state index contributed by atoms with van der Waals surface area (Å²) in [6.07, 6.45) is -1.03. The van der Waals surface area contributed by atoms with E-state index in [4.69, 9.17) is 18.9 Å². The number of carbonyl (C=O) groups excluding carboxylic acids is 1. The minimum absolute atomic E-state index is 0.114. The fraction of sp³-hybridized carbons (Fsp3) is 0.321. The number of carbonyl (C=O) groups is 1. The van der Waals surface area contributed by atoms with Crippen LogP contribution in [-0.2, 0) is 4.74 Å². The molecule has 1 saturated heterocycles. The van der Waals surface area contributed by atoms with E-state index < -0.39 is 17.6 Å². The van der Waals surface area contributed by atoms with Gasteiger partial charge in [-0.2, -0.15) is 0 Å². The quantitative estimate of drug-likeness (QED) is 0.461. The van der Waals surface area contributed by atoms with E-state index >= 15 is 0 Å².